The molecule has 1 saturated carbocycles. The van der Waals surface area contributed by atoms with E-state index in [1.165, 1.54) is 6.07 Å². The van der Waals surface area contributed by atoms with Crippen molar-refractivity contribution in [1.82, 2.24) is 9.97 Å². The van der Waals surface area contributed by atoms with Crippen molar-refractivity contribution in [1.29, 1.82) is 0 Å². The first-order valence-corrected chi connectivity index (χ1v) is 7.25. The largest absolute Gasteiger partial charge is 0.433 e. The van der Waals surface area contributed by atoms with Crippen LogP contribution < -0.4 is 4.90 Å². The number of benzene rings is 1. The molecule has 0 bridgehead atoms. The molecule has 1 fully saturated rings. The lowest BCUT2D eigenvalue weighted by Crippen LogP contribution is -2.28. The lowest BCUT2D eigenvalue weighted by Gasteiger charge is -2.23. The van der Waals surface area contributed by atoms with Crippen LogP contribution in [0.4, 0.5) is 24.8 Å². The summed E-state index contributed by atoms with van der Waals surface area (Å²) in [6.45, 7) is 0.0864. The van der Waals surface area contributed by atoms with Crippen LogP contribution in [0.15, 0.2) is 36.5 Å². The minimum atomic E-state index is -4.56. The Balaban J connectivity index is 1.94. The van der Waals surface area contributed by atoms with E-state index in [4.69, 9.17) is 0 Å². The van der Waals surface area contributed by atoms with Crippen LogP contribution in [0.1, 0.15) is 24.1 Å². The smallest absolute Gasteiger partial charge is 0.333 e. The Bertz CT molecular complexity index is 762. The third-order valence-corrected chi connectivity index (χ3v) is 3.71. The van der Waals surface area contributed by atoms with Gasteiger partial charge in [-0.2, -0.15) is 13.2 Å². The fraction of sp³-hybridized carbons (Fsp3) is 0.333. The van der Waals surface area contributed by atoms with Gasteiger partial charge in [0, 0.05) is 23.9 Å². The molecule has 0 N–H and O–H groups in total. The zero-order chi connectivity index (χ0) is 17.3. The molecule has 3 rings (SSSR count). The lowest BCUT2D eigenvalue weighted by atomic mass is 10.1. The number of nitro benzene ring substituents is 1. The fourth-order valence-electron chi connectivity index (χ4n) is 2.40. The molecule has 126 valence electrons. The van der Waals surface area contributed by atoms with E-state index in [1.807, 2.05) is 0 Å². The van der Waals surface area contributed by atoms with Gasteiger partial charge in [0.15, 0.2) is 0 Å². The van der Waals surface area contributed by atoms with Gasteiger partial charge in [-0.3, -0.25) is 10.1 Å². The van der Waals surface area contributed by atoms with E-state index >= 15 is 0 Å². The van der Waals surface area contributed by atoms with Gasteiger partial charge in [-0.25, -0.2) is 9.97 Å². The van der Waals surface area contributed by atoms with Crippen LogP contribution in [0.5, 0.6) is 0 Å². The van der Waals surface area contributed by atoms with Crippen molar-refractivity contribution in [2.45, 2.75) is 31.6 Å². The highest BCUT2D eigenvalue weighted by molar-refractivity contribution is 5.45. The van der Waals surface area contributed by atoms with E-state index in [9.17, 15) is 23.3 Å². The van der Waals surface area contributed by atoms with Gasteiger partial charge in [0.25, 0.3) is 5.69 Å². The van der Waals surface area contributed by atoms with E-state index in [-0.39, 0.29) is 24.2 Å². The van der Waals surface area contributed by atoms with Gasteiger partial charge >= 0.3 is 6.18 Å². The Morgan fingerprint density at radius 3 is 2.58 bits per heavy atom. The summed E-state index contributed by atoms with van der Waals surface area (Å²) >= 11 is 0. The Morgan fingerprint density at radius 2 is 1.96 bits per heavy atom. The van der Waals surface area contributed by atoms with Crippen molar-refractivity contribution < 1.29 is 18.1 Å². The topological polar surface area (TPSA) is 72.2 Å². The molecule has 2 aromatic rings. The molecule has 24 heavy (non-hydrogen) atoms. The van der Waals surface area contributed by atoms with Gasteiger partial charge in [0.05, 0.1) is 11.5 Å². The molecule has 0 amide bonds. The summed E-state index contributed by atoms with van der Waals surface area (Å²) in [5, 5.41) is 11.1. The Kier molecular flexibility index (Phi) is 4.08. The summed E-state index contributed by atoms with van der Waals surface area (Å²) in [6.07, 6.45) is -1.92. The second-order valence-electron chi connectivity index (χ2n) is 5.48. The molecule has 0 spiro atoms. The highest BCUT2D eigenvalue weighted by Crippen LogP contribution is 2.34. The van der Waals surface area contributed by atoms with Crippen LogP contribution >= 0.6 is 0 Å². The van der Waals surface area contributed by atoms with Crippen LogP contribution in [0.2, 0.25) is 0 Å². The average Bonchev–Trinajstić information content (AvgIpc) is 3.37. The predicted molar refractivity (Wildman–Crippen MR) is 79.3 cm³/mol. The van der Waals surface area contributed by atoms with Gasteiger partial charge in [0.1, 0.15) is 5.69 Å². The normalized spacial score (nSPS) is 14.5. The molecule has 1 aromatic carbocycles. The molecule has 1 aliphatic rings. The molecule has 6 nitrogen and oxygen atoms in total. The Hall–Kier alpha value is -2.71. The number of para-hydroxylation sites is 1. The van der Waals surface area contributed by atoms with Crippen molar-refractivity contribution in [3.8, 4) is 0 Å². The second kappa shape index (κ2) is 6.06. The molecule has 1 heterocycles. The number of rotatable bonds is 5. The third kappa shape index (κ3) is 3.44. The van der Waals surface area contributed by atoms with Crippen LogP contribution in [0.3, 0.4) is 0 Å². The average molecular weight is 338 g/mol. The van der Waals surface area contributed by atoms with Crippen molar-refractivity contribution in [3.63, 3.8) is 0 Å². The second-order valence-corrected chi connectivity index (χ2v) is 5.48. The summed E-state index contributed by atoms with van der Waals surface area (Å²) in [5.41, 5.74) is -0.689. The van der Waals surface area contributed by atoms with E-state index in [2.05, 4.69) is 9.97 Å². The predicted octanol–water partition coefficient (Wildman–Crippen LogP) is 3.57. The van der Waals surface area contributed by atoms with Crippen molar-refractivity contribution in [2.24, 2.45) is 0 Å². The van der Waals surface area contributed by atoms with Crippen LogP contribution in [0.25, 0.3) is 0 Å². The third-order valence-electron chi connectivity index (χ3n) is 3.71. The summed E-state index contributed by atoms with van der Waals surface area (Å²) in [7, 11) is 0. The highest BCUT2D eigenvalue weighted by Gasteiger charge is 2.36. The monoisotopic (exact) mass is 338 g/mol. The lowest BCUT2D eigenvalue weighted by molar-refractivity contribution is -0.385. The minimum absolute atomic E-state index is 0.00621. The number of hydrogen-bond acceptors (Lipinski definition) is 5. The van der Waals surface area contributed by atoms with Crippen LogP contribution in [0, 0.1) is 10.1 Å². The molecule has 0 unspecified atom stereocenters. The van der Waals surface area contributed by atoms with Gasteiger partial charge in [-0.15, -0.1) is 0 Å². The van der Waals surface area contributed by atoms with Gasteiger partial charge in [-0.1, -0.05) is 18.2 Å². The standard InChI is InChI=1S/C15H13F3N4O2/c16-15(17,18)13-7-8-19-14(20-13)21(11-5-6-11)9-10-3-1-2-4-12(10)22(23)24/h1-4,7-8,11H,5-6,9H2. The molecule has 0 atom stereocenters. The molecular weight excluding hydrogens is 325 g/mol. The number of alkyl halides is 3. The Morgan fingerprint density at radius 1 is 1.25 bits per heavy atom. The summed E-state index contributed by atoms with van der Waals surface area (Å²) in [6, 6.07) is 6.95. The van der Waals surface area contributed by atoms with Crippen molar-refractivity contribution in [2.75, 3.05) is 4.90 Å². The van der Waals surface area contributed by atoms with Gasteiger partial charge < -0.3 is 4.90 Å². The van der Waals surface area contributed by atoms with Gasteiger partial charge in [-0.05, 0) is 18.9 Å². The Labute approximate surface area is 135 Å². The van der Waals surface area contributed by atoms with E-state index in [1.54, 1.807) is 23.1 Å². The summed E-state index contributed by atoms with van der Waals surface area (Å²) in [4.78, 5) is 19.7. The van der Waals surface area contributed by atoms with Crippen molar-refractivity contribution >= 4 is 11.6 Å². The maximum Gasteiger partial charge on any atom is 0.433 e. The first-order chi connectivity index (χ1) is 11.4. The van der Waals surface area contributed by atoms with Crippen LogP contribution in [-0.4, -0.2) is 20.9 Å². The van der Waals surface area contributed by atoms with Crippen molar-refractivity contribution in [3.05, 3.63) is 57.9 Å². The maximum atomic E-state index is 12.8. The SMILES string of the molecule is O=[N+]([O-])c1ccccc1CN(c1nccc(C(F)(F)F)n1)C1CC1. The minimum Gasteiger partial charge on any atom is -0.333 e. The summed E-state index contributed by atoms with van der Waals surface area (Å²) < 4.78 is 38.5. The zero-order valence-corrected chi connectivity index (χ0v) is 12.4. The quantitative estimate of drug-likeness (QED) is 0.615. The molecule has 0 aliphatic heterocycles. The number of hydrogen-bond donors (Lipinski definition) is 0. The van der Waals surface area contributed by atoms with E-state index < -0.39 is 16.8 Å². The number of nitro groups is 1. The first-order valence-electron chi connectivity index (χ1n) is 7.25. The number of nitrogens with zero attached hydrogens (tertiary/aromatic N) is 4. The van der Waals surface area contributed by atoms with Gasteiger partial charge in [0.2, 0.25) is 5.95 Å². The molecule has 0 saturated heterocycles. The van der Waals surface area contributed by atoms with Crippen LogP contribution in [-0.2, 0) is 12.7 Å². The number of aromatic nitrogens is 2. The molecule has 9 heteroatoms. The number of anilines is 1. The fourth-order valence-corrected chi connectivity index (χ4v) is 2.40. The number of halogens is 3. The summed E-state index contributed by atoms with van der Waals surface area (Å²) in [5.74, 6) is -0.0644. The van der Waals surface area contributed by atoms with E-state index in [0.29, 0.717) is 5.56 Å². The molecule has 0 radical (unpaired) electrons. The highest BCUT2D eigenvalue weighted by atomic mass is 19.4. The first kappa shape index (κ1) is 16.2. The zero-order valence-electron chi connectivity index (χ0n) is 12.4. The maximum absolute atomic E-state index is 12.8. The molecule has 1 aliphatic carbocycles. The molecule has 1 aromatic heterocycles. The molecular formula is C15H13F3N4O2. The van der Waals surface area contributed by atoms with E-state index in [0.717, 1.165) is 25.1 Å².